The van der Waals surface area contributed by atoms with Crippen LogP contribution in [0.3, 0.4) is 0 Å². The maximum Gasteiger partial charge on any atom is 0.166 e. The number of hydrogen-bond donors (Lipinski definition) is 2. The normalized spacial score (nSPS) is 18.1. The van der Waals surface area contributed by atoms with Crippen LogP contribution in [-0.4, -0.2) is 28.3 Å². The second-order valence-corrected chi connectivity index (χ2v) is 5.92. The van der Waals surface area contributed by atoms with Gasteiger partial charge < -0.3 is 10.3 Å². The van der Waals surface area contributed by atoms with Crippen LogP contribution in [0.1, 0.15) is 12.8 Å². The summed E-state index contributed by atoms with van der Waals surface area (Å²) in [5.41, 5.74) is 1.61. The number of nitrogens with zero attached hydrogens (tertiary/aromatic N) is 2. The molecule has 0 spiro atoms. The Morgan fingerprint density at radius 2 is 2.32 bits per heavy atom. The van der Waals surface area contributed by atoms with Gasteiger partial charge in [-0.05, 0) is 37.9 Å². The van der Waals surface area contributed by atoms with Crippen LogP contribution in [-0.2, 0) is 0 Å². The van der Waals surface area contributed by atoms with E-state index in [1.807, 2.05) is 31.3 Å². The van der Waals surface area contributed by atoms with E-state index in [0.717, 1.165) is 34.8 Å². The van der Waals surface area contributed by atoms with Crippen molar-refractivity contribution in [1.29, 1.82) is 5.26 Å². The lowest BCUT2D eigenvalue weighted by Gasteiger charge is -2.24. The molecular formula is C14H16N4S. The van der Waals surface area contributed by atoms with Crippen molar-refractivity contribution in [3.63, 3.8) is 0 Å². The third-order valence-corrected chi connectivity index (χ3v) is 4.79. The number of imidazole rings is 1. The Morgan fingerprint density at radius 3 is 2.95 bits per heavy atom. The van der Waals surface area contributed by atoms with Gasteiger partial charge in [-0.15, -0.1) is 0 Å². The molecule has 1 fully saturated rings. The summed E-state index contributed by atoms with van der Waals surface area (Å²) < 4.78 is 0. The minimum absolute atomic E-state index is 0.413. The van der Waals surface area contributed by atoms with Gasteiger partial charge in [-0.1, -0.05) is 23.9 Å². The molecule has 1 aromatic carbocycles. The summed E-state index contributed by atoms with van der Waals surface area (Å²) in [6.45, 7) is 0. The molecule has 0 amide bonds. The Kier molecular flexibility index (Phi) is 3.21. The molecule has 5 heteroatoms. The summed E-state index contributed by atoms with van der Waals surface area (Å²) in [6, 6.07) is 10.4. The van der Waals surface area contributed by atoms with E-state index in [9.17, 15) is 5.26 Å². The maximum absolute atomic E-state index is 9.45. The lowest BCUT2D eigenvalue weighted by atomic mass is 9.98. The second-order valence-electron chi connectivity index (χ2n) is 4.96. The Bertz CT molecular complexity index is 593. The van der Waals surface area contributed by atoms with Crippen LogP contribution >= 0.6 is 11.8 Å². The number of nitriles is 1. The molecule has 1 unspecified atom stereocenters. The first-order valence-electron chi connectivity index (χ1n) is 6.45. The average molecular weight is 272 g/mol. The first-order valence-corrected chi connectivity index (χ1v) is 7.44. The summed E-state index contributed by atoms with van der Waals surface area (Å²) in [4.78, 5) is 7.82. The van der Waals surface area contributed by atoms with Crippen molar-refractivity contribution in [3.05, 3.63) is 24.3 Å². The van der Waals surface area contributed by atoms with Crippen molar-refractivity contribution in [3.8, 4) is 6.07 Å². The van der Waals surface area contributed by atoms with E-state index >= 15 is 0 Å². The standard InChI is InChI=1S/C14H16N4S/c1-16-14(8-15,10-6-7-10)9-19-13-17-11-4-2-3-5-12(11)18-13/h2-5,10,16H,6-7,9H2,1H3,(H,17,18). The molecule has 0 radical (unpaired) electrons. The predicted octanol–water partition coefficient (Wildman–Crippen LogP) is 2.55. The van der Waals surface area contributed by atoms with Crippen LogP contribution in [0.2, 0.25) is 0 Å². The number of nitrogens with one attached hydrogen (secondary N) is 2. The highest BCUT2D eigenvalue weighted by molar-refractivity contribution is 7.99. The summed E-state index contributed by atoms with van der Waals surface area (Å²) in [6.07, 6.45) is 2.30. The minimum atomic E-state index is -0.413. The van der Waals surface area contributed by atoms with Crippen molar-refractivity contribution in [1.82, 2.24) is 15.3 Å². The van der Waals surface area contributed by atoms with Gasteiger partial charge in [0.1, 0.15) is 5.54 Å². The van der Waals surface area contributed by atoms with E-state index in [-0.39, 0.29) is 0 Å². The summed E-state index contributed by atoms with van der Waals surface area (Å²) in [7, 11) is 1.88. The number of aromatic amines is 1. The molecule has 0 aliphatic heterocycles. The molecule has 1 aliphatic rings. The number of aromatic nitrogens is 2. The highest BCUT2D eigenvalue weighted by Crippen LogP contribution is 2.41. The molecule has 2 N–H and O–H groups in total. The van der Waals surface area contributed by atoms with Gasteiger partial charge in [0.25, 0.3) is 0 Å². The lowest BCUT2D eigenvalue weighted by Crippen LogP contribution is -2.46. The van der Waals surface area contributed by atoms with Crippen molar-refractivity contribution in [2.24, 2.45) is 5.92 Å². The maximum atomic E-state index is 9.45. The summed E-state index contributed by atoms with van der Waals surface area (Å²) in [5.74, 6) is 1.21. The van der Waals surface area contributed by atoms with Gasteiger partial charge in [0.2, 0.25) is 0 Å². The summed E-state index contributed by atoms with van der Waals surface area (Å²) >= 11 is 1.62. The highest BCUT2D eigenvalue weighted by Gasteiger charge is 2.44. The second kappa shape index (κ2) is 4.87. The molecule has 1 aliphatic carbocycles. The van der Waals surface area contributed by atoms with Gasteiger partial charge in [-0.3, -0.25) is 0 Å². The molecule has 1 aromatic heterocycles. The zero-order chi connectivity index (χ0) is 13.3. The van der Waals surface area contributed by atoms with E-state index in [1.165, 1.54) is 0 Å². The molecular weight excluding hydrogens is 256 g/mol. The zero-order valence-electron chi connectivity index (χ0n) is 10.8. The largest absolute Gasteiger partial charge is 0.333 e. The fourth-order valence-electron chi connectivity index (χ4n) is 2.33. The molecule has 1 atom stereocenters. The molecule has 0 saturated heterocycles. The molecule has 3 rings (SSSR count). The first kappa shape index (κ1) is 12.5. The van der Waals surface area contributed by atoms with Gasteiger partial charge in [0.05, 0.1) is 17.1 Å². The van der Waals surface area contributed by atoms with E-state index in [1.54, 1.807) is 11.8 Å². The fourth-order valence-corrected chi connectivity index (χ4v) is 3.48. The molecule has 2 aromatic rings. The van der Waals surface area contributed by atoms with Crippen molar-refractivity contribution in [2.45, 2.75) is 23.5 Å². The van der Waals surface area contributed by atoms with Crippen LogP contribution in [0, 0.1) is 17.2 Å². The Morgan fingerprint density at radius 1 is 1.53 bits per heavy atom. The SMILES string of the molecule is CNC(C#N)(CSc1nc2ccccc2[nH]1)C1CC1. The third kappa shape index (κ3) is 2.34. The van der Waals surface area contributed by atoms with Gasteiger partial charge in [0, 0.05) is 5.75 Å². The van der Waals surface area contributed by atoms with Crippen LogP contribution < -0.4 is 5.32 Å². The number of benzene rings is 1. The molecule has 1 heterocycles. The van der Waals surface area contributed by atoms with Gasteiger partial charge in [0.15, 0.2) is 5.16 Å². The van der Waals surface area contributed by atoms with E-state index in [4.69, 9.17) is 0 Å². The van der Waals surface area contributed by atoms with Crippen molar-refractivity contribution < 1.29 is 0 Å². The quantitative estimate of drug-likeness (QED) is 0.821. The van der Waals surface area contributed by atoms with E-state index < -0.39 is 5.54 Å². The highest BCUT2D eigenvalue weighted by atomic mass is 32.2. The number of hydrogen-bond acceptors (Lipinski definition) is 4. The minimum Gasteiger partial charge on any atom is -0.333 e. The predicted molar refractivity (Wildman–Crippen MR) is 76.9 cm³/mol. The smallest absolute Gasteiger partial charge is 0.166 e. The number of para-hydroxylation sites is 2. The third-order valence-electron chi connectivity index (χ3n) is 3.72. The van der Waals surface area contributed by atoms with Crippen LogP contribution in [0.4, 0.5) is 0 Å². The fraction of sp³-hybridized carbons (Fsp3) is 0.429. The first-order chi connectivity index (χ1) is 9.27. The number of fused-ring (bicyclic) bond motifs is 1. The molecule has 98 valence electrons. The molecule has 0 bridgehead atoms. The molecule has 4 nitrogen and oxygen atoms in total. The van der Waals surface area contributed by atoms with E-state index in [0.29, 0.717) is 5.92 Å². The van der Waals surface area contributed by atoms with Gasteiger partial charge in [-0.2, -0.15) is 5.26 Å². The van der Waals surface area contributed by atoms with Crippen molar-refractivity contribution in [2.75, 3.05) is 12.8 Å². The zero-order valence-corrected chi connectivity index (χ0v) is 11.6. The lowest BCUT2D eigenvalue weighted by molar-refractivity contribution is 0.441. The van der Waals surface area contributed by atoms with Crippen LogP contribution in [0.25, 0.3) is 11.0 Å². The Balaban J connectivity index is 1.76. The summed E-state index contributed by atoms with van der Waals surface area (Å²) in [5, 5.41) is 13.5. The molecule has 1 saturated carbocycles. The van der Waals surface area contributed by atoms with E-state index in [2.05, 4.69) is 21.4 Å². The topological polar surface area (TPSA) is 64.5 Å². The average Bonchev–Trinajstić information content (AvgIpc) is 3.21. The number of thioether (sulfide) groups is 1. The number of H-pyrrole nitrogens is 1. The van der Waals surface area contributed by atoms with Crippen molar-refractivity contribution >= 4 is 22.8 Å². The molecule has 19 heavy (non-hydrogen) atoms. The number of rotatable bonds is 5. The Hall–Kier alpha value is -1.51. The Labute approximate surface area is 116 Å². The monoisotopic (exact) mass is 272 g/mol. The van der Waals surface area contributed by atoms with Crippen LogP contribution in [0.15, 0.2) is 29.4 Å². The van der Waals surface area contributed by atoms with Gasteiger partial charge in [-0.25, -0.2) is 4.98 Å². The van der Waals surface area contributed by atoms with Crippen LogP contribution in [0.5, 0.6) is 0 Å². The van der Waals surface area contributed by atoms with Gasteiger partial charge >= 0.3 is 0 Å².